The fraction of sp³-hybridized carbons (Fsp3) is 0.381. The van der Waals surface area contributed by atoms with Crippen LogP contribution < -0.4 is 10.1 Å². The number of carbonyl (C=O) groups excluding carboxylic acids is 1. The number of hydrogen-bond acceptors (Lipinski definition) is 4. The molecule has 6 nitrogen and oxygen atoms in total. The molecule has 1 amide bonds. The van der Waals surface area contributed by atoms with Crippen LogP contribution in [0.1, 0.15) is 55.9 Å². The second-order valence-corrected chi connectivity index (χ2v) is 7.32. The first-order chi connectivity index (χ1) is 13.1. The van der Waals surface area contributed by atoms with Gasteiger partial charge in [-0.05, 0) is 69.9 Å². The van der Waals surface area contributed by atoms with E-state index in [1.165, 1.54) is 12.8 Å². The summed E-state index contributed by atoms with van der Waals surface area (Å²) in [4.78, 5) is 17.0. The molecule has 27 heavy (non-hydrogen) atoms. The molecule has 0 atom stereocenters. The highest BCUT2D eigenvalue weighted by Crippen LogP contribution is 2.24. The van der Waals surface area contributed by atoms with E-state index in [9.17, 15) is 4.79 Å². The van der Waals surface area contributed by atoms with Gasteiger partial charge in [0.2, 0.25) is 0 Å². The maximum absolute atomic E-state index is 12.5. The van der Waals surface area contributed by atoms with Gasteiger partial charge in [0.05, 0.1) is 24.2 Å². The van der Waals surface area contributed by atoms with E-state index in [0.29, 0.717) is 17.4 Å². The molecule has 1 aliphatic carbocycles. The lowest BCUT2D eigenvalue weighted by Crippen LogP contribution is -2.13. The van der Waals surface area contributed by atoms with Crippen LogP contribution >= 0.6 is 0 Å². The minimum absolute atomic E-state index is 0.167. The van der Waals surface area contributed by atoms with E-state index >= 15 is 0 Å². The maximum Gasteiger partial charge on any atom is 0.255 e. The van der Waals surface area contributed by atoms with Gasteiger partial charge in [0.25, 0.3) is 5.91 Å². The van der Waals surface area contributed by atoms with Crippen molar-refractivity contribution in [2.75, 3.05) is 5.32 Å². The van der Waals surface area contributed by atoms with Crippen molar-refractivity contribution in [3.05, 3.63) is 48.3 Å². The smallest absolute Gasteiger partial charge is 0.255 e. The summed E-state index contributed by atoms with van der Waals surface area (Å²) in [7, 11) is 0. The zero-order valence-corrected chi connectivity index (χ0v) is 15.7. The van der Waals surface area contributed by atoms with Gasteiger partial charge in [0, 0.05) is 17.0 Å². The van der Waals surface area contributed by atoms with Crippen molar-refractivity contribution in [1.82, 2.24) is 14.8 Å². The topological polar surface area (TPSA) is 69.0 Å². The van der Waals surface area contributed by atoms with Gasteiger partial charge < -0.3 is 10.1 Å². The molecule has 0 saturated heterocycles. The Hall–Kier alpha value is -2.89. The van der Waals surface area contributed by atoms with Crippen LogP contribution in [0.15, 0.2) is 42.7 Å². The average molecular weight is 364 g/mol. The van der Waals surface area contributed by atoms with Gasteiger partial charge in [-0.1, -0.05) is 0 Å². The largest absolute Gasteiger partial charge is 0.490 e. The first-order valence-electron chi connectivity index (χ1n) is 9.51. The molecule has 1 aliphatic rings. The minimum atomic E-state index is -0.167. The van der Waals surface area contributed by atoms with Crippen LogP contribution in [0, 0.1) is 0 Å². The molecule has 0 aliphatic heterocycles. The van der Waals surface area contributed by atoms with Gasteiger partial charge in [0.15, 0.2) is 5.65 Å². The van der Waals surface area contributed by atoms with Crippen LogP contribution in [0.5, 0.6) is 5.75 Å². The van der Waals surface area contributed by atoms with Gasteiger partial charge >= 0.3 is 0 Å². The van der Waals surface area contributed by atoms with Crippen molar-refractivity contribution in [3.8, 4) is 5.75 Å². The Morgan fingerprint density at radius 1 is 1.19 bits per heavy atom. The number of aromatic nitrogens is 3. The number of rotatable bonds is 5. The molecule has 1 aromatic carbocycles. The van der Waals surface area contributed by atoms with Gasteiger partial charge in [-0.15, -0.1) is 0 Å². The van der Waals surface area contributed by atoms with Crippen molar-refractivity contribution in [3.63, 3.8) is 0 Å². The minimum Gasteiger partial charge on any atom is -0.490 e. The molecule has 3 aromatic rings. The third kappa shape index (κ3) is 3.79. The van der Waals surface area contributed by atoms with E-state index in [2.05, 4.69) is 29.2 Å². The molecule has 1 fully saturated rings. The lowest BCUT2D eigenvalue weighted by atomic mass is 10.2. The van der Waals surface area contributed by atoms with E-state index in [1.54, 1.807) is 24.5 Å². The van der Waals surface area contributed by atoms with Crippen LogP contribution in [0.2, 0.25) is 0 Å². The zero-order valence-electron chi connectivity index (χ0n) is 15.7. The van der Waals surface area contributed by atoms with E-state index in [1.807, 2.05) is 22.9 Å². The Bertz CT molecular complexity index is 940. The molecule has 1 saturated carbocycles. The van der Waals surface area contributed by atoms with Gasteiger partial charge in [-0.2, -0.15) is 5.10 Å². The molecule has 6 heteroatoms. The Kier molecular flexibility index (Phi) is 4.79. The number of benzene rings is 1. The van der Waals surface area contributed by atoms with Crippen LogP contribution in [0.4, 0.5) is 5.69 Å². The predicted molar refractivity (Wildman–Crippen MR) is 105 cm³/mol. The third-order valence-corrected chi connectivity index (χ3v) is 4.90. The third-order valence-electron chi connectivity index (χ3n) is 4.90. The second-order valence-electron chi connectivity index (χ2n) is 7.32. The number of hydrogen-bond donors (Lipinski definition) is 1. The highest BCUT2D eigenvalue weighted by atomic mass is 16.5. The number of ether oxygens (including phenoxy) is 1. The van der Waals surface area contributed by atoms with Gasteiger partial charge in [-0.25, -0.2) is 9.67 Å². The molecule has 0 radical (unpaired) electrons. The first kappa shape index (κ1) is 17.5. The summed E-state index contributed by atoms with van der Waals surface area (Å²) >= 11 is 0. The summed E-state index contributed by atoms with van der Waals surface area (Å²) in [5.74, 6) is 0.655. The molecule has 4 rings (SSSR count). The summed E-state index contributed by atoms with van der Waals surface area (Å²) in [5.41, 5.74) is 2.06. The Labute approximate surface area is 158 Å². The number of carbonyl (C=O) groups is 1. The van der Waals surface area contributed by atoms with Crippen molar-refractivity contribution >= 4 is 22.6 Å². The van der Waals surface area contributed by atoms with Crippen LogP contribution in [-0.2, 0) is 0 Å². The number of anilines is 1. The summed E-state index contributed by atoms with van der Waals surface area (Å²) in [5, 5.41) is 8.16. The first-order valence-corrected chi connectivity index (χ1v) is 9.51. The number of nitrogens with zero attached hydrogens (tertiary/aromatic N) is 3. The monoisotopic (exact) mass is 364 g/mol. The number of pyridine rings is 1. The zero-order chi connectivity index (χ0) is 18.8. The summed E-state index contributed by atoms with van der Waals surface area (Å²) in [6.07, 6.45) is 8.45. The second kappa shape index (κ2) is 7.39. The van der Waals surface area contributed by atoms with Crippen molar-refractivity contribution < 1.29 is 9.53 Å². The molecule has 0 bridgehead atoms. The standard InChI is InChI=1S/C21H24N4O2/c1-14(2)25-20-16(12-23-25)11-17(13-22-20)24-21(26)15-7-9-19(10-8-15)27-18-5-3-4-6-18/h7-14,18H,3-6H2,1-2H3,(H,24,26). The molecule has 2 aromatic heterocycles. The molecule has 140 valence electrons. The molecular formula is C21H24N4O2. The molecule has 1 N–H and O–H groups in total. The predicted octanol–water partition coefficient (Wildman–Crippen LogP) is 4.59. The van der Waals surface area contributed by atoms with Crippen molar-refractivity contribution in [2.24, 2.45) is 0 Å². The van der Waals surface area contributed by atoms with E-state index in [0.717, 1.165) is 29.6 Å². The number of amides is 1. The Balaban J connectivity index is 1.44. The molecule has 0 unspecified atom stereocenters. The van der Waals surface area contributed by atoms with E-state index < -0.39 is 0 Å². The van der Waals surface area contributed by atoms with Gasteiger partial charge in [0.1, 0.15) is 5.75 Å². The van der Waals surface area contributed by atoms with Crippen LogP contribution in [-0.4, -0.2) is 26.8 Å². The fourth-order valence-corrected chi connectivity index (χ4v) is 3.47. The lowest BCUT2D eigenvalue weighted by Gasteiger charge is -2.13. The van der Waals surface area contributed by atoms with Crippen LogP contribution in [0.25, 0.3) is 11.0 Å². The van der Waals surface area contributed by atoms with Crippen molar-refractivity contribution in [1.29, 1.82) is 0 Å². The van der Waals surface area contributed by atoms with E-state index in [-0.39, 0.29) is 11.9 Å². The Morgan fingerprint density at radius 2 is 1.93 bits per heavy atom. The molecule has 0 spiro atoms. The lowest BCUT2D eigenvalue weighted by molar-refractivity contribution is 0.102. The fourth-order valence-electron chi connectivity index (χ4n) is 3.47. The summed E-state index contributed by atoms with van der Waals surface area (Å²) in [6, 6.07) is 9.44. The van der Waals surface area contributed by atoms with Crippen molar-refractivity contribution in [2.45, 2.75) is 51.7 Å². The average Bonchev–Trinajstić information content (AvgIpc) is 3.31. The molecular weight excluding hydrogens is 340 g/mol. The van der Waals surface area contributed by atoms with E-state index in [4.69, 9.17) is 4.74 Å². The quantitative estimate of drug-likeness (QED) is 0.719. The summed E-state index contributed by atoms with van der Waals surface area (Å²) < 4.78 is 7.81. The van der Waals surface area contributed by atoms with Crippen LogP contribution in [0.3, 0.4) is 0 Å². The highest BCUT2D eigenvalue weighted by Gasteiger charge is 2.16. The number of nitrogens with one attached hydrogen (secondary N) is 1. The normalized spacial score (nSPS) is 14.8. The SMILES string of the molecule is CC(C)n1ncc2cc(NC(=O)c3ccc(OC4CCCC4)cc3)cnc21. The molecule has 2 heterocycles. The number of fused-ring (bicyclic) bond motifs is 1. The highest BCUT2D eigenvalue weighted by molar-refractivity contribution is 6.04. The maximum atomic E-state index is 12.5. The summed E-state index contributed by atoms with van der Waals surface area (Å²) in [6.45, 7) is 4.12. The van der Waals surface area contributed by atoms with Gasteiger partial charge in [-0.3, -0.25) is 4.79 Å². The Morgan fingerprint density at radius 3 is 2.63 bits per heavy atom.